The molecule has 0 unspecified atom stereocenters. The van der Waals surface area contributed by atoms with Crippen molar-refractivity contribution in [2.24, 2.45) is 0 Å². The number of carbonyl (C=O) groups excluding carboxylic acids is 2. The Morgan fingerprint density at radius 3 is 1.62 bits per heavy atom. The molecule has 2 amide bonds. The van der Waals surface area contributed by atoms with Gasteiger partial charge in [0.1, 0.15) is 0 Å². The highest BCUT2D eigenvalue weighted by atomic mass is 16.4. The van der Waals surface area contributed by atoms with E-state index in [1.54, 1.807) is 26.0 Å². The van der Waals surface area contributed by atoms with Gasteiger partial charge in [0.05, 0.1) is 5.56 Å². The lowest BCUT2D eigenvalue weighted by Crippen LogP contribution is -2.27. The normalized spacial score (nSPS) is 10.9. The fourth-order valence-electron chi connectivity index (χ4n) is 4.43. The molecule has 0 aliphatic carbocycles. The highest BCUT2D eigenvalue weighted by Gasteiger charge is 2.15. The van der Waals surface area contributed by atoms with Gasteiger partial charge in [-0.05, 0) is 84.6 Å². The molecule has 0 atom stereocenters. The van der Waals surface area contributed by atoms with Crippen molar-refractivity contribution >= 4 is 39.3 Å². The summed E-state index contributed by atoms with van der Waals surface area (Å²) in [5.74, 6) is -1.25. The molecule has 0 bridgehead atoms. The first kappa shape index (κ1) is 29.5. The average Bonchev–Trinajstić information content (AvgIpc) is 2.92. The Hall–Kier alpha value is -4.01. The molecule has 39 heavy (non-hydrogen) atoms. The number of hydrogen-bond acceptors (Lipinski definition) is 5. The van der Waals surface area contributed by atoms with E-state index < -0.39 is 5.97 Å². The molecule has 5 N–H and O–H groups in total. The summed E-state index contributed by atoms with van der Waals surface area (Å²) in [4.78, 5) is 35.2. The summed E-state index contributed by atoms with van der Waals surface area (Å²) < 4.78 is 0. The minimum Gasteiger partial charge on any atom is -0.478 e. The maximum Gasteiger partial charge on any atom is 0.335 e. The van der Waals surface area contributed by atoms with Gasteiger partial charge in [0.2, 0.25) is 11.8 Å². The molecular formula is C31H38N4O4. The second-order valence-corrected chi connectivity index (χ2v) is 9.70. The Balaban J connectivity index is 1.80. The molecule has 0 fully saturated rings. The third kappa shape index (κ3) is 7.99. The maximum absolute atomic E-state index is 11.8. The molecule has 0 aliphatic heterocycles. The number of amides is 2. The molecular weight excluding hydrogens is 492 g/mol. The average molecular weight is 531 g/mol. The molecule has 0 spiro atoms. The number of nitrogens with one attached hydrogen (secondary N) is 4. The van der Waals surface area contributed by atoms with Gasteiger partial charge in [-0.1, -0.05) is 43.5 Å². The summed E-state index contributed by atoms with van der Waals surface area (Å²) in [7, 11) is 0. The highest BCUT2D eigenvalue weighted by Crippen LogP contribution is 2.34. The Morgan fingerprint density at radius 1 is 0.692 bits per heavy atom. The number of hydrogen-bond donors (Lipinski definition) is 5. The summed E-state index contributed by atoms with van der Waals surface area (Å²) in [6, 6.07) is 13.5. The smallest absolute Gasteiger partial charge is 0.335 e. The number of rotatable bonds is 15. The van der Waals surface area contributed by atoms with Crippen molar-refractivity contribution in [3.8, 4) is 0 Å². The second-order valence-electron chi connectivity index (χ2n) is 9.70. The van der Waals surface area contributed by atoms with E-state index in [4.69, 9.17) is 0 Å². The fourth-order valence-corrected chi connectivity index (χ4v) is 4.43. The first-order valence-electron chi connectivity index (χ1n) is 13.2. The molecule has 0 radical (unpaired) electrons. The van der Waals surface area contributed by atoms with Crippen LogP contribution in [0.4, 0.5) is 0 Å². The van der Waals surface area contributed by atoms with Crippen LogP contribution in [-0.4, -0.2) is 49.1 Å². The van der Waals surface area contributed by atoms with Crippen molar-refractivity contribution < 1.29 is 19.5 Å². The van der Waals surface area contributed by atoms with Crippen LogP contribution >= 0.6 is 0 Å². The van der Waals surface area contributed by atoms with Gasteiger partial charge in [-0.2, -0.15) is 0 Å². The van der Waals surface area contributed by atoms with Crippen LogP contribution in [0.5, 0.6) is 0 Å². The van der Waals surface area contributed by atoms with Crippen molar-refractivity contribution in [2.45, 2.75) is 39.8 Å². The minimum absolute atomic E-state index is 0.137. The quantitative estimate of drug-likeness (QED) is 0.115. The maximum atomic E-state index is 11.8. The van der Waals surface area contributed by atoms with Crippen molar-refractivity contribution in [1.82, 2.24) is 21.3 Å². The Morgan fingerprint density at radius 2 is 1.15 bits per heavy atom. The third-order valence-electron chi connectivity index (χ3n) is 6.50. The van der Waals surface area contributed by atoms with E-state index in [2.05, 4.69) is 46.6 Å². The lowest BCUT2D eigenvalue weighted by Gasteiger charge is -2.18. The lowest BCUT2D eigenvalue weighted by atomic mass is 9.90. The number of benzene rings is 3. The third-order valence-corrected chi connectivity index (χ3v) is 6.50. The first-order valence-corrected chi connectivity index (χ1v) is 13.2. The largest absolute Gasteiger partial charge is 0.478 e. The van der Waals surface area contributed by atoms with Gasteiger partial charge < -0.3 is 26.4 Å². The monoisotopic (exact) mass is 530 g/mol. The SMILES string of the molecule is C=C(C)C(=O)NCCCNCc1c2ccccc2c(CNCCCNC(=O)C(=C)C)c2cc(C(=O)O)ccc12. The van der Waals surface area contributed by atoms with Crippen LogP contribution in [0.3, 0.4) is 0 Å². The van der Waals surface area contributed by atoms with Crippen LogP contribution in [-0.2, 0) is 22.7 Å². The van der Waals surface area contributed by atoms with E-state index in [0.29, 0.717) is 50.4 Å². The van der Waals surface area contributed by atoms with E-state index in [-0.39, 0.29) is 17.4 Å². The Kier molecular flexibility index (Phi) is 10.8. The van der Waals surface area contributed by atoms with E-state index in [1.807, 2.05) is 18.2 Å². The number of carboxylic acids is 1. The van der Waals surface area contributed by atoms with E-state index in [9.17, 15) is 19.5 Å². The fraction of sp³-hybridized carbons (Fsp3) is 0.323. The van der Waals surface area contributed by atoms with Crippen LogP contribution in [0.2, 0.25) is 0 Å². The van der Waals surface area contributed by atoms with Gasteiger partial charge in [0.15, 0.2) is 0 Å². The predicted octanol–water partition coefficient (Wildman–Crippen LogP) is 4.04. The van der Waals surface area contributed by atoms with Crippen LogP contribution in [0, 0.1) is 0 Å². The van der Waals surface area contributed by atoms with E-state index in [0.717, 1.165) is 45.5 Å². The summed E-state index contributed by atoms with van der Waals surface area (Å²) in [5.41, 5.74) is 3.37. The number of carbonyl (C=O) groups is 3. The van der Waals surface area contributed by atoms with E-state index in [1.165, 1.54) is 0 Å². The van der Waals surface area contributed by atoms with Crippen molar-refractivity contribution in [3.63, 3.8) is 0 Å². The lowest BCUT2D eigenvalue weighted by molar-refractivity contribution is -0.118. The number of carboxylic acid groups (broad SMARTS) is 1. The second kappa shape index (κ2) is 14.2. The zero-order chi connectivity index (χ0) is 28.4. The van der Waals surface area contributed by atoms with Crippen molar-refractivity contribution in [2.75, 3.05) is 26.2 Å². The molecule has 3 aromatic rings. The van der Waals surface area contributed by atoms with Crippen LogP contribution in [0.15, 0.2) is 66.8 Å². The van der Waals surface area contributed by atoms with Gasteiger partial charge in [0.25, 0.3) is 0 Å². The molecule has 0 saturated carbocycles. The number of fused-ring (bicyclic) bond motifs is 2. The van der Waals surface area contributed by atoms with E-state index >= 15 is 0 Å². The molecule has 8 nitrogen and oxygen atoms in total. The van der Waals surface area contributed by atoms with Crippen LogP contribution in [0.25, 0.3) is 21.5 Å². The summed E-state index contributed by atoms with van der Waals surface area (Å²) in [5, 5.41) is 26.4. The summed E-state index contributed by atoms with van der Waals surface area (Å²) >= 11 is 0. The molecule has 206 valence electrons. The summed E-state index contributed by atoms with van der Waals surface area (Å²) in [6.45, 7) is 14.3. The minimum atomic E-state index is -0.964. The molecule has 0 aromatic heterocycles. The van der Waals surface area contributed by atoms with Gasteiger partial charge >= 0.3 is 5.97 Å². The Labute approximate surface area is 229 Å². The van der Waals surface area contributed by atoms with Crippen LogP contribution in [0.1, 0.15) is 48.2 Å². The number of aromatic carboxylic acids is 1. The zero-order valence-electron chi connectivity index (χ0n) is 22.8. The molecule has 0 heterocycles. The van der Waals surface area contributed by atoms with Gasteiger partial charge in [0, 0.05) is 37.3 Å². The topological polar surface area (TPSA) is 120 Å². The molecule has 3 rings (SSSR count). The Bertz CT molecular complexity index is 1400. The summed E-state index contributed by atoms with van der Waals surface area (Å²) in [6.07, 6.45) is 1.52. The van der Waals surface area contributed by atoms with Crippen LogP contribution < -0.4 is 21.3 Å². The van der Waals surface area contributed by atoms with Gasteiger partial charge in [-0.25, -0.2) is 4.79 Å². The molecule has 0 aliphatic rings. The highest BCUT2D eigenvalue weighted by molar-refractivity contribution is 6.07. The van der Waals surface area contributed by atoms with Gasteiger partial charge in [-0.15, -0.1) is 0 Å². The molecule has 3 aromatic carbocycles. The molecule has 8 heteroatoms. The van der Waals surface area contributed by atoms with Crippen molar-refractivity contribution in [1.29, 1.82) is 0 Å². The predicted molar refractivity (Wildman–Crippen MR) is 157 cm³/mol. The molecule has 0 saturated heterocycles. The standard InChI is InChI=1S/C31H38N4O4/c1-20(2)29(36)34-15-7-13-32-18-27-23-9-5-6-10-24(23)28(19-33-14-8-16-35-30(37)21(3)4)26-17-22(31(38)39)11-12-25(26)27/h5-6,9-12,17,32-33H,1,3,7-8,13-16,18-19H2,2,4H3,(H,34,36)(H,35,37)(H,38,39). The zero-order valence-corrected chi connectivity index (χ0v) is 22.8. The van der Waals surface area contributed by atoms with Crippen molar-refractivity contribution in [3.05, 3.63) is 83.5 Å². The van der Waals surface area contributed by atoms with Gasteiger partial charge in [-0.3, -0.25) is 9.59 Å². The first-order chi connectivity index (χ1) is 18.7.